The number of hydrogen-bond donors (Lipinski definition) is 2. The molecule has 0 aromatic heterocycles. The zero-order valence-electron chi connectivity index (χ0n) is 11.0. The van der Waals surface area contributed by atoms with E-state index >= 15 is 0 Å². The van der Waals surface area contributed by atoms with Crippen molar-refractivity contribution in [1.29, 1.82) is 0 Å². The molecule has 1 saturated heterocycles. The Morgan fingerprint density at radius 3 is 2.78 bits per heavy atom. The van der Waals surface area contributed by atoms with Crippen LogP contribution < -0.4 is 5.73 Å². The van der Waals surface area contributed by atoms with Crippen LogP contribution >= 0.6 is 0 Å². The van der Waals surface area contributed by atoms with Crippen molar-refractivity contribution in [2.45, 2.75) is 31.9 Å². The molecular formula is C15H24N2O. The molecule has 1 heterocycles. The predicted octanol–water partition coefficient (Wildman–Crippen LogP) is 1.61. The van der Waals surface area contributed by atoms with E-state index in [2.05, 4.69) is 29.2 Å². The molecule has 2 unspecified atom stereocenters. The van der Waals surface area contributed by atoms with Crippen molar-refractivity contribution < 1.29 is 5.11 Å². The Labute approximate surface area is 110 Å². The fourth-order valence-electron chi connectivity index (χ4n) is 2.81. The fourth-order valence-corrected chi connectivity index (χ4v) is 2.81. The molecule has 0 aliphatic carbocycles. The zero-order chi connectivity index (χ0) is 12.8. The first-order valence-corrected chi connectivity index (χ1v) is 6.94. The van der Waals surface area contributed by atoms with E-state index < -0.39 is 0 Å². The van der Waals surface area contributed by atoms with E-state index in [1.54, 1.807) is 0 Å². The third kappa shape index (κ3) is 3.80. The van der Waals surface area contributed by atoms with Gasteiger partial charge in [0.25, 0.3) is 0 Å². The van der Waals surface area contributed by atoms with E-state index in [0.29, 0.717) is 12.5 Å². The van der Waals surface area contributed by atoms with Crippen molar-refractivity contribution in [3.05, 3.63) is 35.9 Å². The SMILES string of the molecule is NCCC1CCCN(Cc2ccccc2)CC1O. The van der Waals surface area contributed by atoms with Crippen LogP contribution in [0.5, 0.6) is 0 Å². The van der Waals surface area contributed by atoms with Crippen LogP contribution in [0, 0.1) is 5.92 Å². The standard InChI is InChI=1S/C15H24N2O/c16-9-8-14-7-4-10-17(12-15(14)18)11-13-5-2-1-3-6-13/h1-3,5-6,14-15,18H,4,7-12,16H2. The van der Waals surface area contributed by atoms with Gasteiger partial charge in [0.05, 0.1) is 6.10 Å². The van der Waals surface area contributed by atoms with Crippen LogP contribution in [0.25, 0.3) is 0 Å². The van der Waals surface area contributed by atoms with Gasteiger partial charge >= 0.3 is 0 Å². The van der Waals surface area contributed by atoms with Gasteiger partial charge in [-0.3, -0.25) is 4.90 Å². The molecule has 3 N–H and O–H groups in total. The van der Waals surface area contributed by atoms with Crippen molar-refractivity contribution in [2.24, 2.45) is 11.7 Å². The molecule has 0 bridgehead atoms. The lowest BCUT2D eigenvalue weighted by Gasteiger charge is -2.24. The molecule has 0 spiro atoms. The van der Waals surface area contributed by atoms with Crippen LogP contribution in [0.2, 0.25) is 0 Å². The topological polar surface area (TPSA) is 49.5 Å². The molecule has 2 atom stereocenters. The van der Waals surface area contributed by atoms with Crippen LogP contribution in [0.1, 0.15) is 24.8 Å². The van der Waals surface area contributed by atoms with E-state index in [1.807, 2.05) is 6.07 Å². The molecular weight excluding hydrogens is 224 g/mol. The number of nitrogens with zero attached hydrogens (tertiary/aromatic N) is 1. The lowest BCUT2D eigenvalue weighted by Crippen LogP contribution is -2.34. The Kier molecular flexibility index (Phi) is 5.17. The Hall–Kier alpha value is -0.900. The summed E-state index contributed by atoms with van der Waals surface area (Å²) in [6, 6.07) is 10.5. The molecule has 100 valence electrons. The van der Waals surface area contributed by atoms with Crippen molar-refractivity contribution >= 4 is 0 Å². The van der Waals surface area contributed by atoms with Crippen LogP contribution in [-0.4, -0.2) is 35.7 Å². The van der Waals surface area contributed by atoms with Gasteiger partial charge in [-0.2, -0.15) is 0 Å². The number of aliphatic hydroxyl groups excluding tert-OH is 1. The highest BCUT2D eigenvalue weighted by atomic mass is 16.3. The first-order chi connectivity index (χ1) is 8.79. The third-order valence-electron chi connectivity index (χ3n) is 3.83. The second kappa shape index (κ2) is 6.88. The number of rotatable bonds is 4. The zero-order valence-corrected chi connectivity index (χ0v) is 11.0. The minimum absolute atomic E-state index is 0.222. The summed E-state index contributed by atoms with van der Waals surface area (Å²) in [5.74, 6) is 0.385. The monoisotopic (exact) mass is 248 g/mol. The normalized spacial score (nSPS) is 25.9. The minimum atomic E-state index is -0.222. The molecule has 1 fully saturated rings. The van der Waals surface area contributed by atoms with Crippen LogP contribution in [0.15, 0.2) is 30.3 Å². The second-order valence-electron chi connectivity index (χ2n) is 5.27. The van der Waals surface area contributed by atoms with Crippen LogP contribution in [0.3, 0.4) is 0 Å². The van der Waals surface area contributed by atoms with Gasteiger partial charge in [-0.1, -0.05) is 30.3 Å². The summed E-state index contributed by atoms with van der Waals surface area (Å²) in [5.41, 5.74) is 6.93. The van der Waals surface area contributed by atoms with Crippen molar-refractivity contribution in [1.82, 2.24) is 4.90 Å². The van der Waals surface area contributed by atoms with Crippen molar-refractivity contribution in [2.75, 3.05) is 19.6 Å². The van der Waals surface area contributed by atoms with E-state index in [4.69, 9.17) is 5.73 Å². The van der Waals surface area contributed by atoms with Gasteiger partial charge in [0.2, 0.25) is 0 Å². The molecule has 0 amide bonds. The number of hydrogen-bond acceptors (Lipinski definition) is 3. The molecule has 1 aliphatic rings. The van der Waals surface area contributed by atoms with E-state index in [1.165, 1.54) is 5.56 Å². The molecule has 0 saturated carbocycles. The summed E-state index contributed by atoms with van der Waals surface area (Å²) < 4.78 is 0. The molecule has 3 nitrogen and oxygen atoms in total. The quantitative estimate of drug-likeness (QED) is 0.851. The largest absolute Gasteiger partial charge is 0.392 e. The average molecular weight is 248 g/mol. The van der Waals surface area contributed by atoms with Gasteiger partial charge in [0.1, 0.15) is 0 Å². The number of β-amino-alcohol motifs (C(OH)–C–C–N with tert-alkyl or cyclic N) is 1. The smallest absolute Gasteiger partial charge is 0.0695 e. The highest BCUT2D eigenvalue weighted by Crippen LogP contribution is 2.21. The fraction of sp³-hybridized carbons (Fsp3) is 0.600. The molecule has 1 aliphatic heterocycles. The summed E-state index contributed by atoms with van der Waals surface area (Å²) in [6.45, 7) is 3.47. The average Bonchev–Trinajstić information content (AvgIpc) is 2.54. The molecule has 1 aromatic carbocycles. The maximum absolute atomic E-state index is 10.2. The van der Waals surface area contributed by atoms with Crippen molar-refractivity contribution in [3.63, 3.8) is 0 Å². The molecule has 2 rings (SSSR count). The van der Waals surface area contributed by atoms with E-state index in [0.717, 1.165) is 38.9 Å². The maximum Gasteiger partial charge on any atom is 0.0695 e. The van der Waals surface area contributed by atoms with Gasteiger partial charge in [0.15, 0.2) is 0 Å². The number of nitrogens with two attached hydrogens (primary N) is 1. The van der Waals surface area contributed by atoms with E-state index in [9.17, 15) is 5.11 Å². The van der Waals surface area contributed by atoms with Gasteiger partial charge in [0, 0.05) is 13.1 Å². The summed E-state index contributed by atoms with van der Waals surface area (Å²) in [5, 5.41) is 10.2. The van der Waals surface area contributed by atoms with Gasteiger partial charge < -0.3 is 10.8 Å². The highest BCUT2D eigenvalue weighted by Gasteiger charge is 2.24. The molecule has 0 radical (unpaired) electrons. The Balaban J connectivity index is 1.91. The van der Waals surface area contributed by atoms with Crippen LogP contribution in [0.4, 0.5) is 0 Å². The summed E-state index contributed by atoms with van der Waals surface area (Å²) in [4.78, 5) is 2.36. The Bertz CT molecular complexity index is 342. The van der Waals surface area contributed by atoms with E-state index in [-0.39, 0.29) is 6.10 Å². The minimum Gasteiger partial charge on any atom is -0.392 e. The van der Waals surface area contributed by atoms with Crippen molar-refractivity contribution in [3.8, 4) is 0 Å². The lowest BCUT2D eigenvalue weighted by atomic mass is 9.94. The third-order valence-corrected chi connectivity index (χ3v) is 3.83. The van der Waals surface area contributed by atoms with Gasteiger partial charge in [-0.05, 0) is 43.8 Å². The first-order valence-electron chi connectivity index (χ1n) is 6.94. The van der Waals surface area contributed by atoms with Gasteiger partial charge in [-0.15, -0.1) is 0 Å². The second-order valence-corrected chi connectivity index (χ2v) is 5.27. The Morgan fingerprint density at radius 2 is 2.06 bits per heavy atom. The van der Waals surface area contributed by atoms with Gasteiger partial charge in [-0.25, -0.2) is 0 Å². The summed E-state index contributed by atoms with van der Waals surface area (Å²) >= 11 is 0. The number of aliphatic hydroxyl groups is 1. The Morgan fingerprint density at radius 1 is 1.28 bits per heavy atom. The number of likely N-dealkylation sites (tertiary alicyclic amines) is 1. The van der Waals surface area contributed by atoms with Crippen LogP contribution in [-0.2, 0) is 6.54 Å². The number of benzene rings is 1. The summed E-state index contributed by atoms with van der Waals surface area (Å²) in [7, 11) is 0. The maximum atomic E-state index is 10.2. The molecule has 18 heavy (non-hydrogen) atoms. The predicted molar refractivity (Wildman–Crippen MR) is 74.1 cm³/mol. The molecule has 3 heteroatoms. The lowest BCUT2D eigenvalue weighted by molar-refractivity contribution is 0.0743. The first kappa shape index (κ1) is 13.5. The molecule has 1 aromatic rings. The highest BCUT2D eigenvalue weighted by molar-refractivity contribution is 5.14. The summed E-state index contributed by atoms with van der Waals surface area (Å²) in [6.07, 6.45) is 2.98.